The monoisotopic (exact) mass is 251 g/mol. The lowest BCUT2D eigenvalue weighted by molar-refractivity contribution is -0.191. The highest BCUT2D eigenvalue weighted by Crippen LogP contribution is 2.44. The van der Waals surface area contributed by atoms with Crippen LogP contribution in [0.2, 0.25) is 0 Å². The smallest absolute Gasteiger partial charge is 0.396 e. The van der Waals surface area contributed by atoms with E-state index in [1.165, 1.54) is 0 Å². The van der Waals surface area contributed by atoms with Crippen LogP contribution in [0.1, 0.15) is 18.1 Å². The minimum atomic E-state index is -4.43. The molecule has 1 aromatic heterocycles. The molecule has 0 spiro atoms. The van der Waals surface area contributed by atoms with E-state index in [0.29, 0.717) is 0 Å². The topological polar surface area (TPSA) is 71.2 Å². The molecular formula is C9H12F3N3O2. The summed E-state index contributed by atoms with van der Waals surface area (Å²) in [6, 6.07) is 0. The summed E-state index contributed by atoms with van der Waals surface area (Å²) in [5.41, 5.74) is -2.09. The van der Waals surface area contributed by atoms with Crippen LogP contribution in [0.5, 0.6) is 0 Å². The van der Waals surface area contributed by atoms with Crippen molar-refractivity contribution < 1.29 is 22.8 Å². The molecule has 2 rings (SSSR count). The molecule has 0 aliphatic carbocycles. The number of halogens is 3. The first-order valence-corrected chi connectivity index (χ1v) is 5.21. The zero-order valence-corrected chi connectivity index (χ0v) is 8.92. The molecule has 5 nitrogen and oxygen atoms in total. The molecule has 0 saturated carbocycles. The lowest BCUT2D eigenvalue weighted by Gasteiger charge is -2.26. The Morgan fingerprint density at radius 2 is 2.24 bits per heavy atom. The van der Waals surface area contributed by atoms with E-state index in [-0.39, 0.29) is 38.4 Å². The first kappa shape index (κ1) is 12.3. The first-order chi connectivity index (χ1) is 7.99. The van der Waals surface area contributed by atoms with Gasteiger partial charge in [0, 0.05) is 13.0 Å². The van der Waals surface area contributed by atoms with Gasteiger partial charge in [0.2, 0.25) is 5.89 Å². The molecule has 1 aliphatic rings. The Morgan fingerprint density at radius 3 is 2.76 bits per heavy atom. The van der Waals surface area contributed by atoms with E-state index in [9.17, 15) is 13.2 Å². The molecule has 0 bridgehead atoms. The molecule has 1 aromatic rings. The molecule has 1 saturated heterocycles. The van der Waals surface area contributed by atoms with Gasteiger partial charge in [0.1, 0.15) is 0 Å². The van der Waals surface area contributed by atoms with Crippen molar-refractivity contribution in [3.63, 3.8) is 0 Å². The molecule has 1 aliphatic heterocycles. The lowest BCUT2D eigenvalue weighted by atomic mass is 9.86. The quantitative estimate of drug-likeness (QED) is 0.813. The number of hydrogen-bond acceptors (Lipinski definition) is 5. The van der Waals surface area contributed by atoms with E-state index in [0.717, 1.165) is 0 Å². The SMILES string of the molecule is OCCc1noc(C2(C(F)(F)F)CCNC2)n1. The van der Waals surface area contributed by atoms with E-state index >= 15 is 0 Å². The lowest BCUT2D eigenvalue weighted by Crippen LogP contribution is -2.44. The molecule has 96 valence electrons. The molecule has 8 heteroatoms. The van der Waals surface area contributed by atoms with Gasteiger partial charge in [-0.1, -0.05) is 5.16 Å². The summed E-state index contributed by atoms with van der Waals surface area (Å²) < 4.78 is 43.9. The maximum atomic E-state index is 13.1. The van der Waals surface area contributed by atoms with Crippen LogP contribution in [-0.4, -0.2) is 41.1 Å². The van der Waals surface area contributed by atoms with Gasteiger partial charge in [-0.3, -0.25) is 0 Å². The number of hydrogen-bond donors (Lipinski definition) is 2. The molecule has 0 aromatic carbocycles. The predicted molar refractivity (Wildman–Crippen MR) is 50.3 cm³/mol. The number of rotatable bonds is 3. The van der Waals surface area contributed by atoms with Crippen molar-refractivity contribution in [3.8, 4) is 0 Å². The van der Waals surface area contributed by atoms with E-state index in [2.05, 4.69) is 15.5 Å². The number of nitrogens with zero attached hydrogens (tertiary/aromatic N) is 2. The van der Waals surface area contributed by atoms with Crippen LogP contribution in [0, 0.1) is 0 Å². The Bertz CT molecular complexity index is 385. The van der Waals surface area contributed by atoms with Gasteiger partial charge in [-0.25, -0.2) is 0 Å². The zero-order chi connectivity index (χ0) is 12.5. The van der Waals surface area contributed by atoms with Gasteiger partial charge >= 0.3 is 6.18 Å². The van der Waals surface area contributed by atoms with Crippen LogP contribution in [0.15, 0.2) is 4.52 Å². The maximum Gasteiger partial charge on any atom is 0.404 e. The Kier molecular flexibility index (Phi) is 3.09. The Balaban J connectivity index is 2.33. The van der Waals surface area contributed by atoms with Crippen molar-refractivity contribution in [2.45, 2.75) is 24.4 Å². The maximum absolute atomic E-state index is 13.1. The molecule has 2 heterocycles. The van der Waals surface area contributed by atoms with Gasteiger partial charge in [-0.2, -0.15) is 18.2 Å². The molecule has 1 fully saturated rings. The highest BCUT2D eigenvalue weighted by molar-refractivity contribution is 5.14. The van der Waals surface area contributed by atoms with Gasteiger partial charge < -0.3 is 14.9 Å². The summed E-state index contributed by atoms with van der Waals surface area (Å²) in [5.74, 6) is -0.323. The van der Waals surface area contributed by atoms with Crippen LogP contribution in [0.4, 0.5) is 13.2 Å². The van der Waals surface area contributed by atoms with E-state index in [1.54, 1.807) is 0 Å². The fraction of sp³-hybridized carbons (Fsp3) is 0.778. The fourth-order valence-corrected chi connectivity index (χ4v) is 1.89. The highest BCUT2D eigenvalue weighted by atomic mass is 19.4. The van der Waals surface area contributed by atoms with Crippen LogP contribution >= 0.6 is 0 Å². The third-order valence-corrected chi connectivity index (χ3v) is 2.91. The Hall–Kier alpha value is -1.15. The van der Waals surface area contributed by atoms with Gasteiger partial charge in [-0.15, -0.1) is 0 Å². The van der Waals surface area contributed by atoms with Gasteiger partial charge in [-0.05, 0) is 13.0 Å². The first-order valence-electron chi connectivity index (χ1n) is 5.21. The third-order valence-electron chi connectivity index (χ3n) is 2.91. The van der Waals surface area contributed by atoms with Crippen LogP contribution in [0.3, 0.4) is 0 Å². The standard InChI is InChI=1S/C9H12F3N3O2/c10-9(11,12)8(2-3-13-5-8)7-14-6(1-4-16)15-17-7/h13,16H,1-5H2. The second-order valence-electron chi connectivity index (χ2n) is 4.00. The molecule has 2 N–H and O–H groups in total. The second-order valence-corrected chi connectivity index (χ2v) is 4.00. The number of aliphatic hydroxyl groups excluding tert-OH is 1. The average molecular weight is 251 g/mol. The van der Waals surface area contributed by atoms with Crippen LogP contribution in [0.25, 0.3) is 0 Å². The van der Waals surface area contributed by atoms with Gasteiger partial charge in [0.05, 0.1) is 6.61 Å². The highest BCUT2D eigenvalue weighted by Gasteiger charge is 2.61. The minimum absolute atomic E-state index is 0.0882. The van der Waals surface area contributed by atoms with E-state index in [1.807, 2.05) is 0 Å². The Morgan fingerprint density at radius 1 is 1.47 bits per heavy atom. The number of aromatic nitrogens is 2. The second kappa shape index (κ2) is 4.26. The predicted octanol–water partition coefficient (Wildman–Crippen LogP) is 0.398. The van der Waals surface area contributed by atoms with Crippen molar-refractivity contribution in [3.05, 3.63) is 11.7 Å². The van der Waals surface area contributed by atoms with Crippen LogP contribution in [-0.2, 0) is 11.8 Å². The summed E-state index contributed by atoms with van der Waals surface area (Å²) in [7, 11) is 0. The summed E-state index contributed by atoms with van der Waals surface area (Å²) in [6.07, 6.45) is -4.46. The normalized spacial score (nSPS) is 25.4. The van der Waals surface area contributed by atoms with E-state index in [4.69, 9.17) is 9.63 Å². The van der Waals surface area contributed by atoms with Crippen molar-refractivity contribution in [2.24, 2.45) is 0 Å². The zero-order valence-electron chi connectivity index (χ0n) is 8.92. The van der Waals surface area contributed by atoms with Crippen LogP contribution < -0.4 is 5.32 Å². The largest absolute Gasteiger partial charge is 0.404 e. The van der Waals surface area contributed by atoms with Gasteiger partial charge in [0.25, 0.3) is 0 Å². The average Bonchev–Trinajstić information content (AvgIpc) is 2.83. The number of alkyl halides is 3. The summed E-state index contributed by atoms with van der Waals surface area (Å²) in [4.78, 5) is 3.72. The minimum Gasteiger partial charge on any atom is -0.396 e. The van der Waals surface area contributed by atoms with E-state index < -0.39 is 17.5 Å². The number of nitrogens with one attached hydrogen (secondary N) is 1. The van der Waals surface area contributed by atoms with Crippen molar-refractivity contribution in [2.75, 3.05) is 19.7 Å². The number of aliphatic hydroxyl groups is 1. The molecular weight excluding hydrogens is 239 g/mol. The summed E-state index contributed by atoms with van der Waals surface area (Å²) >= 11 is 0. The molecule has 0 amide bonds. The van der Waals surface area contributed by atoms with Gasteiger partial charge in [0.15, 0.2) is 11.2 Å². The third kappa shape index (κ3) is 2.02. The molecule has 1 atom stereocenters. The van der Waals surface area contributed by atoms with Crippen molar-refractivity contribution >= 4 is 0 Å². The molecule has 1 unspecified atom stereocenters. The molecule has 0 radical (unpaired) electrons. The Labute approximate surface area is 95.0 Å². The van der Waals surface area contributed by atoms with Crippen molar-refractivity contribution in [1.82, 2.24) is 15.5 Å². The van der Waals surface area contributed by atoms with Crippen molar-refractivity contribution in [1.29, 1.82) is 0 Å². The fourth-order valence-electron chi connectivity index (χ4n) is 1.89. The summed E-state index contributed by atoms with van der Waals surface area (Å²) in [6.45, 7) is -0.218. The molecule has 17 heavy (non-hydrogen) atoms. The summed E-state index contributed by atoms with van der Waals surface area (Å²) in [5, 5.41) is 14.8.